The van der Waals surface area contributed by atoms with E-state index in [-0.39, 0.29) is 24.9 Å². The van der Waals surface area contributed by atoms with E-state index in [1.807, 2.05) is 11.4 Å². The molecule has 4 unspecified atom stereocenters. The number of carbonyl (C=O) groups excluding carboxylic acids is 1. The van der Waals surface area contributed by atoms with E-state index in [4.69, 9.17) is 24.3 Å². The average Bonchev–Trinajstić information content (AvgIpc) is 3.45. The number of thiophene rings is 1. The smallest absolute Gasteiger partial charge is 0.459 e. The van der Waals surface area contributed by atoms with Crippen LogP contribution in [0.25, 0.3) is 10.9 Å². The minimum Gasteiger partial charge on any atom is -0.462 e. The SMILES string of the molecule is CC(C)OC(=O)C(C)NP(=O)(OCC1CCC(c2scc3c(N)ncnc23)O1)Oc1ccccc1. The van der Waals surface area contributed by atoms with Crippen LogP contribution in [0.5, 0.6) is 5.75 Å². The van der Waals surface area contributed by atoms with E-state index in [1.165, 1.54) is 17.7 Å². The molecule has 3 aromatic rings. The third-order valence-electron chi connectivity index (χ3n) is 5.31. The van der Waals surface area contributed by atoms with Crippen molar-refractivity contribution < 1.29 is 27.9 Å². The molecule has 0 amide bonds. The van der Waals surface area contributed by atoms with Gasteiger partial charge in [0, 0.05) is 5.38 Å². The van der Waals surface area contributed by atoms with Crippen LogP contribution in [-0.4, -0.2) is 40.8 Å². The minimum absolute atomic E-state index is 0.0139. The van der Waals surface area contributed by atoms with Gasteiger partial charge in [0.1, 0.15) is 23.9 Å². The van der Waals surface area contributed by atoms with Crippen molar-refractivity contribution in [3.8, 4) is 5.75 Å². The predicted octanol–water partition coefficient (Wildman–Crippen LogP) is 4.63. The Morgan fingerprint density at radius 1 is 1.26 bits per heavy atom. The summed E-state index contributed by atoms with van der Waals surface area (Å²) < 4.78 is 36.5. The van der Waals surface area contributed by atoms with Crippen molar-refractivity contribution >= 4 is 41.8 Å². The van der Waals surface area contributed by atoms with Gasteiger partial charge in [-0.1, -0.05) is 18.2 Å². The fraction of sp³-hybridized carbons (Fsp3) is 0.435. The van der Waals surface area contributed by atoms with Crippen LogP contribution in [0, 0.1) is 0 Å². The highest BCUT2D eigenvalue weighted by Gasteiger charge is 2.36. The lowest BCUT2D eigenvalue weighted by atomic mass is 10.1. The number of fused-ring (bicyclic) bond motifs is 1. The Morgan fingerprint density at radius 2 is 2.03 bits per heavy atom. The van der Waals surface area contributed by atoms with Crippen molar-refractivity contribution in [3.05, 3.63) is 46.9 Å². The first kappa shape index (κ1) is 25.5. The molecule has 0 saturated carbocycles. The zero-order valence-electron chi connectivity index (χ0n) is 19.7. The number of nitrogen functional groups attached to an aromatic ring is 1. The summed E-state index contributed by atoms with van der Waals surface area (Å²) in [6.45, 7) is 5.05. The second-order valence-corrected chi connectivity index (χ2v) is 11.1. The molecule has 4 atom stereocenters. The van der Waals surface area contributed by atoms with Crippen molar-refractivity contribution in [2.45, 2.75) is 58.0 Å². The first-order valence-electron chi connectivity index (χ1n) is 11.3. The number of ether oxygens (including phenoxy) is 2. The number of nitrogens with one attached hydrogen (secondary N) is 1. The zero-order valence-corrected chi connectivity index (χ0v) is 21.5. The van der Waals surface area contributed by atoms with Crippen molar-refractivity contribution in [1.29, 1.82) is 0 Å². The molecule has 10 nitrogen and oxygen atoms in total. The van der Waals surface area contributed by atoms with Gasteiger partial charge in [0.2, 0.25) is 0 Å². The van der Waals surface area contributed by atoms with Crippen LogP contribution >= 0.6 is 19.1 Å². The molecular weight excluding hydrogens is 491 g/mol. The number of anilines is 1. The van der Waals surface area contributed by atoms with Crippen LogP contribution in [0.2, 0.25) is 0 Å². The fourth-order valence-corrected chi connectivity index (χ4v) is 6.26. The van der Waals surface area contributed by atoms with Gasteiger partial charge >= 0.3 is 13.7 Å². The van der Waals surface area contributed by atoms with Gasteiger partial charge < -0.3 is 19.7 Å². The highest BCUT2D eigenvalue weighted by atomic mass is 32.1. The molecule has 0 radical (unpaired) electrons. The number of nitrogens with zero attached hydrogens (tertiary/aromatic N) is 2. The Balaban J connectivity index is 1.43. The van der Waals surface area contributed by atoms with Crippen LogP contribution < -0.4 is 15.3 Å². The number of esters is 1. The number of benzene rings is 1. The van der Waals surface area contributed by atoms with E-state index in [2.05, 4.69) is 15.1 Å². The number of hydrogen-bond donors (Lipinski definition) is 2. The van der Waals surface area contributed by atoms with Crippen LogP contribution in [0.15, 0.2) is 42.0 Å². The van der Waals surface area contributed by atoms with Gasteiger partial charge in [-0.15, -0.1) is 11.3 Å². The predicted molar refractivity (Wildman–Crippen MR) is 133 cm³/mol. The minimum atomic E-state index is -3.94. The Labute approximate surface area is 207 Å². The molecule has 4 rings (SSSR count). The van der Waals surface area contributed by atoms with Gasteiger partial charge in [-0.25, -0.2) is 14.5 Å². The Bertz CT molecular complexity index is 1210. The van der Waals surface area contributed by atoms with Crippen LogP contribution in [-0.2, 0) is 23.4 Å². The lowest BCUT2D eigenvalue weighted by molar-refractivity contribution is -0.149. The number of rotatable bonds is 10. The Hall–Kier alpha value is -2.56. The lowest BCUT2D eigenvalue weighted by Crippen LogP contribution is -2.36. The molecule has 12 heteroatoms. The monoisotopic (exact) mass is 520 g/mol. The molecule has 188 valence electrons. The molecule has 1 aliphatic heterocycles. The Kier molecular flexibility index (Phi) is 8.03. The summed E-state index contributed by atoms with van der Waals surface area (Å²) in [6.07, 6.45) is 2.09. The maximum atomic E-state index is 13.6. The molecule has 0 spiro atoms. The first-order valence-corrected chi connectivity index (χ1v) is 13.8. The van der Waals surface area contributed by atoms with E-state index < -0.39 is 19.8 Å². The van der Waals surface area contributed by atoms with E-state index in [1.54, 1.807) is 45.0 Å². The van der Waals surface area contributed by atoms with Crippen LogP contribution in [0.4, 0.5) is 5.82 Å². The summed E-state index contributed by atoms with van der Waals surface area (Å²) in [5.74, 6) is 0.231. The second-order valence-electron chi connectivity index (χ2n) is 8.48. The fourth-order valence-electron chi connectivity index (χ4n) is 3.67. The van der Waals surface area contributed by atoms with Crippen molar-refractivity contribution in [2.24, 2.45) is 0 Å². The maximum Gasteiger partial charge on any atom is 0.459 e. The summed E-state index contributed by atoms with van der Waals surface area (Å²) in [5.41, 5.74) is 6.74. The van der Waals surface area contributed by atoms with Crippen molar-refractivity contribution in [2.75, 3.05) is 12.3 Å². The quantitative estimate of drug-likeness (QED) is 0.288. The molecule has 0 aliphatic carbocycles. The van der Waals surface area contributed by atoms with Gasteiger partial charge in [-0.3, -0.25) is 9.32 Å². The van der Waals surface area contributed by atoms with Crippen LogP contribution in [0.1, 0.15) is 44.6 Å². The summed E-state index contributed by atoms with van der Waals surface area (Å²) in [5, 5.41) is 5.43. The molecule has 0 bridgehead atoms. The highest BCUT2D eigenvalue weighted by Crippen LogP contribution is 2.47. The summed E-state index contributed by atoms with van der Waals surface area (Å²) in [7, 11) is -3.94. The first-order chi connectivity index (χ1) is 16.7. The van der Waals surface area contributed by atoms with Crippen molar-refractivity contribution in [3.63, 3.8) is 0 Å². The van der Waals surface area contributed by atoms with E-state index in [9.17, 15) is 9.36 Å². The average molecular weight is 521 g/mol. The van der Waals surface area contributed by atoms with Gasteiger partial charge in [0.15, 0.2) is 0 Å². The third-order valence-corrected chi connectivity index (χ3v) is 8.02. The largest absolute Gasteiger partial charge is 0.462 e. The molecule has 1 aliphatic rings. The molecule has 3 N–H and O–H groups in total. The highest BCUT2D eigenvalue weighted by molar-refractivity contribution is 7.52. The number of nitrogens with two attached hydrogens (primary N) is 1. The van der Waals surface area contributed by atoms with Gasteiger partial charge in [-0.05, 0) is 45.7 Å². The molecular formula is C23H29N4O6PS. The third kappa shape index (κ3) is 6.36. The van der Waals surface area contributed by atoms with E-state index in [0.717, 1.165) is 22.2 Å². The lowest BCUT2D eigenvalue weighted by Gasteiger charge is -2.24. The number of para-hydroxylation sites is 1. The normalized spacial score (nSPS) is 20.6. The summed E-state index contributed by atoms with van der Waals surface area (Å²) in [6, 6.07) is 7.73. The molecule has 1 saturated heterocycles. The molecule has 1 aromatic carbocycles. The van der Waals surface area contributed by atoms with Gasteiger partial charge in [-0.2, -0.15) is 5.09 Å². The number of aromatic nitrogens is 2. The van der Waals surface area contributed by atoms with Crippen LogP contribution in [0.3, 0.4) is 0 Å². The summed E-state index contributed by atoms with van der Waals surface area (Å²) >= 11 is 1.53. The second kappa shape index (κ2) is 11.0. The van der Waals surface area contributed by atoms with E-state index >= 15 is 0 Å². The standard InChI is InChI=1S/C23H29N4O6PS/c1-14(2)31-23(28)15(3)27-34(29,33-16-7-5-4-6-8-16)30-11-17-9-10-19(32-17)21-20-18(12-35-21)22(24)26-13-25-20/h4-8,12-15,17,19H,9-11H2,1-3H3,(H,27,29)(H2,24,25,26). The van der Waals surface area contributed by atoms with Crippen molar-refractivity contribution in [1.82, 2.24) is 15.1 Å². The zero-order chi connectivity index (χ0) is 25.0. The summed E-state index contributed by atoms with van der Waals surface area (Å²) in [4.78, 5) is 21.7. The van der Waals surface area contributed by atoms with Gasteiger partial charge in [0.05, 0.1) is 40.7 Å². The van der Waals surface area contributed by atoms with Gasteiger partial charge in [0.25, 0.3) is 0 Å². The molecule has 3 heterocycles. The molecule has 1 fully saturated rings. The van der Waals surface area contributed by atoms with E-state index in [0.29, 0.717) is 18.0 Å². The maximum absolute atomic E-state index is 13.6. The Morgan fingerprint density at radius 3 is 2.77 bits per heavy atom. The number of carbonyl (C=O) groups is 1. The molecule has 2 aromatic heterocycles. The number of hydrogen-bond acceptors (Lipinski definition) is 10. The molecule has 35 heavy (non-hydrogen) atoms. The topological polar surface area (TPSA) is 135 Å².